The second-order valence-corrected chi connectivity index (χ2v) is 6.42. The second kappa shape index (κ2) is 7.00. The van der Waals surface area contributed by atoms with E-state index >= 15 is 0 Å². The molecule has 1 fully saturated rings. The van der Waals surface area contributed by atoms with Crippen molar-refractivity contribution in [1.29, 1.82) is 0 Å². The molecule has 3 aromatic rings. The molecule has 0 bridgehead atoms. The van der Waals surface area contributed by atoms with Gasteiger partial charge in [-0.15, -0.1) is 0 Å². The van der Waals surface area contributed by atoms with E-state index < -0.39 is 0 Å². The molecule has 0 spiro atoms. The summed E-state index contributed by atoms with van der Waals surface area (Å²) in [6.45, 7) is 2.38. The number of rotatable bonds is 2. The molecule has 4 rings (SSSR count). The minimum Gasteiger partial charge on any atom is -0.360 e. The van der Waals surface area contributed by atoms with E-state index in [-0.39, 0.29) is 11.8 Å². The van der Waals surface area contributed by atoms with E-state index in [1.807, 2.05) is 34.1 Å². The van der Waals surface area contributed by atoms with Crippen LogP contribution in [0.1, 0.15) is 27.1 Å². The SMILES string of the molecule is O=C(c1ccncc1)N1CCCN(C(=O)c2c[nH]c3ccccc23)CC1. The molecule has 6 nitrogen and oxygen atoms in total. The summed E-state index contributed by atoms with van der Waals surface area (Å²) in [6.07, 6.45) is 5.79. The zero-order valence-corrected chi connectivity index (χ0v) is 14.4. The Kier molecular flexibility index (Phi) is 4.39. The lowest BCUT2D eigenvalue weighted by atomic mass is 10.1. The van der Waals surface area contributed by atoms with Crippen LogP contribution in [0.5, 0.6) is 0 Å². The number of hydrogen-bond donors (Lipinski definition) is 1. The van der Waals surface area contributed by atoms with E-state index in [9.17, 15) is 9.59 Å². The standard InChI is InChI=1S/C20H20N4O2/c25-19(15-6-8-21-9-7-15)23-10-3-11-24(13-12-23)20(26)17-14-22-18-5-2-1-4-16(17)18/h1-2,4-9,14,22H,3,10-13H2. The summed E-state index contributed by atoms with van der Waals surface area (Å²) in [5.74, 6) is 0.00875. The molecule has 1 N–H and O–H groups in total. The van der Waals surface area contributed by atoms with Gasteiger partial charge in [0.25, 0.3) is 11.8 Å². The molecular weight excluding hydrogens is 328 g/mol. The molecule has 1 aromatic carbocycles. The number of nitrogens with zero attached hydrogens (tertiary/aromatic N) is 3. The summed E-state index contributed by atoms with van der Waals surface area (Å²) in [5.41, 5.74) is 2.28. The van der Waals surface area contributed by atoms with Crippen molar-refractivity contribution in [3.8, 4) is 0 Å². The maximum Gasteiger partial charge on any atom is 0.256 e. The van der Waals surface area contributed by atoms with Gasteiger partial charge in [0.05, 0.1) is 5.56 Å². The summed E-state index contributed by atoms with van der Waals surface area (Å²) in [5, 5.41) is 0.937. The first-order valence-electron chi connectivity index (χ1n) is 8.79. The van der Waals surface area contributed by atoms with Crippen molar-refractivity contribution < 1.29 is 9.59 Å². The number of aromatic nitrogens is 2. The van der Waals surface area contributed by atoms with Crippen LogP contribution in [0.3, 0.4) is 0 Å². The van der Waals surface area contributed by atoms with Crippen LogP contribution in [0.25, 0.3) is 10.9 Å². The van der Waals surface area contributed by atoms with Gasteiger partial charge in [-0.3, -0.25) is 14.6 Å². The Morgan fingerprint density at radius 1 is 0.885 bits per heavy atom. The van der Waals surface area contributed by atoms with E-state index in [2.05, 4.69) is 9.97 Å². The van der Waals surface area contributed by atoms with Gasteiger partial charge < -0.3 is 14.8 Å². The Hall–Kier alpha value is -3.15. The number of carbonyl (C=O) groups is 2. The zero-order chi connectivity index (χ0) is 17.9. The number of amides is 2. The van der Waals surface area contributed by atoms with Gasteiger partial charge in [0.15, 0.2) is 0 Å². The van der Waals surface area contributed by atoms with Crippen molar-refractivity contribution >= 4 is 22.7 Å². The lowest BCUT2D eigenvalue weighted by Gasteiger charge is -2.22. The van der Waals surface area contributed by atoms with Gasteiger partial charge in [-0.25, -0.2) is 0 Å². The quantitative estimate of drug-likeness (QED) is 0.774. The zero-order valence-electron chi connectivity index (χ0n) is 14.4. The van der Waals surface area contributed by atoms with E-state index in [0.29, 0.717) is 37.3 Å². The van der Waals surface area contributed by atoms with Crippen LogP contribution in [-0.2, 0) is 0 Å². The molecule has 3 heterocycles. The number of H-pyrrole nitrogens is 1. The van der Waals surface area contributed by atoms with Crippen molar-refractivity contribution in [1.82, 2.24) is 19.8 Å². The van der Waals surface area contributed by atoms with Gasteiger partial charge in [-0.1, -0.05) is 18.2 Å². The predicted octanol–water partition coefficient (Wildman–Crippen LogP) is 2.55. The largest absolute Gasteiger partial charge is 0.360 e. The lowest BCUT2D eigenvalue weighted by Crippen LogP contribution is -2.37. The monoisotopic (exact) mass is 348 g/mol. The number of nitrogens with one attached hydrogen (secondary N) is 1. The molecule has 6 heteroatoms. The first-order chi connectivity index (χ1) is 12.7. The highest BCUT2D eigenvalue weighted by Gasteiger charge is 2.24. The highest BCUT2D eigenvalue weighted by Crippen LogP contribution is 2.20. The highest BCUT2D eigenvalue weighted by atomic mass is 16.2. The minimum absolute atomic E-state index is 0.00575. The maximum atomic E-state index is 13.0. The summed E-state index contributed by atoms with van der Waals surface area (Å²) in [7, 11) is 0. The number of para-hydroxylation sites is 1. The van der Waals surface area contributed by atoms with Gasteiger partial charge >= 0.3 is 0 Å². The predicted molar refractivity (Wildman–Crippen MR) is 99.0 cm³/mol. The maximum absolute atomic E-state index is 13.0. The molecule has 0 atom stereocenters. The molecule has 2 aromatic heterocycles. The molecule has 0 aliphatic carbocycles. The molecular formula is C20H20N4O2. The molecule has 132 valence electrons. The summed E-state index contributed by atoms with van der Waals surface area (Å²) in [4.78, 5) is 36.4. The number of fused-ring (bicyclic) bond motifs is 1. The number of pyridine rings is 1. The Morgan fingerprint density at radius 3 is 2.35 bits per heavy atom. The number of benzene rings is 1. The number of carbonyl (C=O) groups excluding carboxylic acids is 2. The van der Waals surface area contributed by atoms with Gasteiger partial charge in [0, 0.05) is 61.2 Å². The van der Waals surface area contributed by atoms with Gasteiger partial charge in [0.2, 0.25) is 0 Å². The van der Waals surface area contributed by atoms with Crippen LogP contribution in [0.4, 0.5) is 0 Å². The Labute approximate surface area is 151 Å². The van der Waals surface area contributed by atoms with Crippen LogP contribution < -0.4 is 0 Å². The average Bonchev–Trinajstić information content (AvgIpc) is 2.97. The fraction of sp³-hybridized carbons (Fsp3) is 0.250. The summed E-state index contributed by atoms with van der Waals surface area (Å²) >= 11 is 0. The fourth-order valence-corrected chi connectivity index (χ4v) is 3.42. The Bertz CT molecular complexity index is 935. The van der Waals surface area contributed by atoms with E-state index in [1.165, 1.54) is 0 Å². The number of aromatic amines is 1. The van der Waals surface area contributed by atoms with Gasteiger partial charge in [-0.2, -0.15) is 0 Å². The third-order valence-corrected chi connectivity index (χ3v) is 4.82. The summed E-state index contributed by atoms with van der Waals surface area (Å²) < 4.78 is 0. The van der Waals surface area contributed by atoms with Crippen LogP contribution in [0.2, 0.25) is 0 Å². The van der Waals surface area contributed by atoms with Crippen molar-refractivity contribution in [2.45, 2.75) is 6.42 Å². The van der Waals surface area contributed by atoms with Crippen LogP contribution in [0, 0.1) is 0 Å². The van der Waals surface area contributed by atoms with Crippen molar-refractivity contribution in [2.24, 2.45) is 0 Å². The summed E-state index contributed by atoms with van der Waals surface area (Å²) in [6, 6.07) is 11.2. The van der Waals surface area contributed by atoms with Gasteiger partial charge in [-0.05, 0) is 24.6 Å². The molecule has 1 saturated heterocycles. The van der Waals surface area contributed by atoms with Crippen LogP contribution >= 0.6 is 0 Å². The van der Waals surface area contributed by atoms with Crippen molar-refractivity contribution in [2.75, 3.05) is 26.2 Å². The molecule has 0 radical (unpaired) electrons. The molecule has 0 saturated carbocycles. The lowest BCUT2D eigenvalue weighted by molar-refractivity contribution is 0.0719. The highest BCUT2D eigenvalue weighted by molar-refractivity contribution is 6.06. The van der Waals surface area contributed by atoms with Crippen molar-refractivity contribution in [3.05, 3.63) is 66.1 Å². The smallest absolute Gasteiger partial charge is 0.256 e. The third-order valence-electron chi connectivity index (χ3n) is 4.82. The van der Waals surface area contributed by atoms with E-state index in [1.54, 1.807) is 30.7 Å². The third kappa shape index (κ3) is 3.06. The number of hydrogen-bond acceptors (Lipinski definition) is 3. The van der Waals surface area contributed by atoms with Gasteiger partial charge in [0.1, 0.15) is 0 Å². The first kappa shape index (κ1) is 16.3. The topological polar surface area (TPSA) is 69.3 Å². The van der Waals surface area contributed by atoms with E-state index in [0.717, 1.165) is 17.3 Å². The Morgan fingerprint density at radius 2 is 1.58 bits per heavy atom. The van der Waals surface area contributed by atoms with Crippen LogP contribution in [-0.4, -0.2) is 57.8 Å². The molecule has 2 amide bonds. The fourth-order valence-electron chi connectivity index (χ4n) is 3.42. The first-order valence-corrected chi connectivity index (χ1v) is 8.79. The Balaban J connectivity index is 1.48. The van der Waals surface area contributed by atoms with Crippen molar-refractivity contribution in [3.63, 3.8) is 0 Å². The normalized spacial score (nSPS) is 15.1. The molecule has 0 unspecified atom stereocenters. The molecule has 1 aliphatic heterocycles. The average molecular weight is 348 g/mol. The molecule has 1 aliphatic rings. The van der Waals surface area contributed by atoms with E-state index in [4.69, 9.17) is 0 Å². The minimum atomic E-state index is -0.00575. The molecule has 26 heavy (non-hydrogen) atoms. The second-order valence-electron chi connectivity index (χ2n) is 6.42. The van der Waals surface area contributed by atoms with Crippen LogP contribution in [0.15, 0.2) is 55.0 Å².